The van der Waals surface area contributed by atoms with Gasteiger partial charge in [-0.3, -0.25) is 0 Å². The summed E-state index contributed by atoms with van der Waals surface area (Å²) in [4.78, 5) is 1.18. The fourth-order valence-corrected chi connectivity index (χ4v) is 3.13. The number of para-hydroxylation sites is 1. The fraction of sp³-hybridized carbons (Fsp3) is 0.200. The van der Waals surface area contributed by atoms with Gasteiger partial charge in [-0.1, -0.05) is 18.2 Å². The van der Waals surface area contributed by atoms with Gasteiger partial charge in [0.15, 0.2) is 0 Å². The molecule has 3 nitrogen and oxygen atoms in total. The first-order valence-electron chi connectivity index (χ1n) is 6.10. The van der Waals surface area contributed by atoms with Crippen molar-refractivity contribution in [1.82, 2.24) is 5.32 Å². The highest BCUT2D eigenvalue weighted by atomic mass is 32.1. The summed E-state index contributed by atoms with van der Waals surface area (Å²) in [5, 5.41) is 6.42. The second-order valence-corrected chi connectivity index (χ2v) is 5.24. The lowest BCUT2D eigenvalue weighted by atomic mass is 10.1. The van der Waals surface area contributed by atoms with E-state index in [1.165, 1.54) is 4.88 Å². The topological polar surface area (TPSA) is 34.4 Å². The maximum atomic E-state index is 5.92. The minimum Gasteiger partial charge on any atom is -0.496 e. The zero-order valence-electron chi connectivity index (χ0n) is 10.8. The fourth-order valence-electron chi connectivity index (χ4n) is 2.16. The zero-order valence-corrected chi connectivity index (χ0v) is 11.7. The lowest BCUT2D eigenvalue weighted by Crippen LogP contribution is -2.15. The van der Waals surface area contributed by atoms with Crippen molar-refractivity contribution in [2.45, 2.75) is 6.04 Å². The number of rotatable bonds is 4. The molecule has 2 aromatic heterocycles. The van der Waals surface area contributed by atoms with Gasteiger partial charge in [0, 0.05) is 15.6 Å². The maximum absolute atomic E-state index is 5.92. The van der Waals surface area contributed by atoms with Crippen LogP contribution in [0.5, 0.6) is 5.75 Å². The third-order valence-corrected chi connectivity index (χ3v) is 4.11. The maximum Gasteiger partial charge on any atom is 0.134 e. The molecule has 0 amide bonds. The number of hydrogen-bond donors (Lipinski definition) is 1. The summed E-state index contributed by atoms with van der Waals surface area (Å²) in [6, 6.07) is 12.2. The van der Waals surface area contributed by atoms with E-state index >= 15 is 0 Å². The van der Waals surface area contributed by atoms with Crippen LogP contribution in [0.15, 0.2) is 46.2 Å². The summed E-state index contributed by atoms with van der Waals surface area (Å²) in [5.41, 5.74) is 0.918. The standard InChI is InChI=1S/C15H15NO2S/c1-16-15(14-8-11(17-2)9-19-14)13-7-10-5-3-4-6-12(10)18-13/h3-9,15-16H,1-2H3. The predicted octanol–water partition coefficient (Wildman–Crippen LogP) is 3.81. The summed E-state index contributed by atoms with van der Waals surface area (Å²) in [6.07, 6.45) is 0. The van der Waals surface area contributed by atoms with Crippen molar-refractivity contribution in [3.63, 3.8) is 0 Å². The first-order valence-corrected chi connectivity index (χ1v) is 6.98. The minimum absolute atomic E-state index is 0.0568. The van der Waals surface area contributed by atoms with Gasteiger partial charge in [-0.2, -0.15) is 0 Å². The van der Waals surface area contributed by atoms with E-state index in [-0.39, 0.29) is 6.04 Å². The highest BCUT2D eigenvalue weighted by Crippen LogP contribution is 2.33. The SMILES string of the molecule is CNC(c1cc2ccccc2o1)c1cc(OC)cs1. The Bertz CT molecular complexity index is 653. The highest BCUT2D eigenvalue weighted by Gasteiger charge is 2.18. The summed E-state index contributed by atoms with van der Waals surface area (Å²) in [7, 11) is 3.62. The van der Waals surface area contributed by atoms with Gasteiger partial charge >= 0.3 is 0 Å². The number of methoxy groups -OCH3 is 1. The number of thiophene rings is 1. The van der Waals surface area contributed by atoms with Crippen LogP contribution in [0.3, 0.4) is 0 Å². The van der Waals surface area contributed by atoms with E-state index in [0.29, 0.717) is 0 Å². The van der Waals surface area contributed by atoms with Crippen LogP contribution in [0.1, 0.15) is 16.7 Å². The number of ether oxygens (including phenoxy) is 1. The largest absolute Gasteiger partial charge is 0.496 e. The molecule has 1 unspecified atom stereocenters. The lowest BCUT2D eigenvalue weighted by Gasteiger charge is -2.10. The van der Waals surface area contributed by atoms with Crippen LogP contribution in [-0.4, -0.2) is 14.2 Å². The first kappa shape index (κ1) is 12.3. The monoisotopic (exact) mass is 273 g/mol. The minimum atomic E-state index is 0.0568. The quantitative estimate of drug-likeness (QED) is 0.785. The predicted molar refractivity (Wildman–Crippen MR) is 78.0 cm³/mol. The molecule has 0 bridgehead atoms. The number of benzene rings is 1. The van der Waals surface area contributed by atoms with Gasteiger partial charge in [0.05, 0.1) is 7.11 Å². The molecule has 0 aliphatic rings. The van der Waals surface area contributed by atoms with Crippen LogP contribution in [-0.2, 0) is 0 Å². The van der Waals surface area contributed by atoms with Crippen molar-refractivity contribution in [3.05, 3.63) is 52.4 Å². The van der Waals surface area contributed by atoms with Gasteiger partial charge < -0.3 is 14.5 Å². The summed E-state index contributed by atoms with van der Waals surface area (Å²) in [5.74, 6) is 1.81. The average molecular weight is 273 g/mol. The molecule has 1 aromatic carbocycles. The second-order valence-electron chi connectivity index (χ2n) is 4.30. The van der Waals surface area contributed by atoms with Crippen LogP contribution >= 0.6 is 11.3 Å². The molecule has 2 heterocycles. The Morgan fingerprint density at radius 1 is 1.26 bits per heavy atom. The van der Waals surface area contributed by atoms with Gasteiger partial charge in [-0.05, 0) is 25.2 Å². The van der Waals surface area contributed by atoms with Gasteiger partial charge in [-0.25, -0.2) is 0 Å². The number of fused-ring (bicyclic) bond motifs is 1. The Kier molecular flexibility index (Phi) is 3.27. The van der Waals surface area contributed by atoms with Crippen LogP contribution in [0.25, 0.3) is 11.0 Å². The molecular weight excluding hydrogens is 258 g/mol. The van der Waals surface area contributed by atoms with E-state index in [4.69, 9.17) is 9.15 Å². The second kappa shape index (κ2) is 5.07. The molecule has 0 radical (unpaired) electrons. The van der Waals surface area contributed by atoms with Gasteiger partial charge in [-0.15, -0.1) is 11.3 Å². The van der Waals surface area contributed by atoms with Crippen LogP contribution in [0.2, 0.25) is 0 Å². The smallest absolute Gasteiger partial charge is 0.134 e. The molecule has 0 saturated heterocycles. The van der Waals surface area contributed by atoms with Gasteiger partial charge in [0.1, 0.15) is 23.1 Å². The van der Waals surface area contributed by atoms with Crippen molar-refractivity contribution >= 4 is 22.3 Å². The molecule has 0 fully saturated rings. The summed E-state index contributed by atoms with van der Waals surface area (Å²) < 4.78 is 11.2. The van der Waals surface area contributed by atoms with E-state index in [9.17, 15) is 0 Å². The molecule has 0 aliphatic heterocycles. The average Bonchev–Trinajstić information content (AvgIpc) is 3.05. The summed E-state index contributed by atoms with van der Waals surface area (Å²) >= 11 is 1.66. The molecule has 19 heavy (non-hydrogen) atoms. The van der Waals surface area contributed by atoms with E-state index in [1.807, 2.05) is 36.7 Å². The Labute approximate surface area is 115 Å². The van der Waals surface area contributed by atoms with Crippen LogP contribution < -0.4 is 10.1 Å². The van der Waals surface area contributed by atoms with Crippen molar-refractivity contribution in [2.75, 3.05) is 14.2 Å². The van der Waals surface area contributed by atoms with Crippen molar-refractivity contribution < 1.29 is 9.15 Å². The lowest BCUT2D eigenvalue weighted by molar-refractivity contribution is 0.415. The highest BCUT2D eigenvalue weighted by molar-refractivity contribution is 7.10. The Morgan fingerprint density at radius 3 is 2.79 bits per heavy atom. The van der Waals surface area contributed by atoms with Crippen molar-refractivity contribution in [1.29, 1.82) is 0 Å². The first-order chi connectivity index (χ1) is 9.31. The van der Waals surface area contributed by atoms with Crippen molar-refractivity contribution in [2.24, 2.45) is 0 Å². The molecule has 4 heteroatoms. The molecular formula is C15H15NO2S. The Balaban J connectivity index is 2.01. The molecule has 3 rings (SSSR count). The summed E-state index contributed by atoms with van der Waals surface area (Å²) in [6.45, 7) is 0. The van der Waals surface area contributed by atoms with Crippen LogP contribution in [0, 0.1) is 0 Å². The van der Waals surface area contributed by atoms with Gasteiger partial charge in [0.25, 0.3) is 0 Å². The van der Waals surface area contributed by atoms with E-state index in [2.05, 4.69) is 17.4 Å². The molecule has 98 valence electrons. The van der Waals surface area contributed by atoms with E-state index < -0.39 is 0 Å². The van der Waals surface area contributed by atoms with E-state index in [0.717, 1.165) is 22.5 Å². The third kappa shape index (κ3) is 2.25. The molecule has 1 N–H and O–H groups in total. The Hall–Kier alpha value is -1.78. The molecule has 0 aliphatic carbocycles. The van der Waals surface area contributed by atoms with Crippen LogP contribution in [0.4, 0.5) is 0 Å². The molecule has 1 atom stereocenters. The number of nitrogens with one attached hydrogen (secondary N) is 1. The van der Waals surface area contributed by atoms with E-state index in [1.54, 1.807) is 18.4 Å². The molecule has 0 saturated carbocycles. The molecule has 3 aromatic rings. The molecule has 0 spiro atoms. The van der Waals surface area contributed by atoms with Gasteiger partial charge in [0.2, 0.25) is 0 Å². The Morgan fingerprint density at radius 2 is 2.11 bits per heavy atom. The number of furan rings is 1. The van der Waals surface area contributed by atoms with Crippen molar-refractivity contribution in [3.8, 4) is 5.75 Å². The number of hydrogen-bond acceptors (Lipinski definition) is 4. The zero-order chi connectivity index (χ0) is 13.2. The normalized spacial score (nSPS) is 12.7. The third-order valence-electron chi connectivity index (χ3n) is 3.13.